The Balaban J connectivity index is 1.92. The summed E-state index contributed by atoms with van der Waals surface area (Å²) in [7, 11) is 0. The molecule has 1 fully saturated rings. The third kappa shape index (κ3) is 3.28. The molecule has 17 heavy (non-hydrogen) atoms. The Morgan fingerprint density at radius 3 is 2.76 bits per heavy atom. The minimum Gasteiger partial charge on any atom is -0.352 e. The van der Waals surface area contributed by atoms with Crippen molar-refractivity contribution < 1.29 is 9.18 Å². The van der Waals surface area contributed by atoms with Gasteiger partial charge in [-0.3, -0.25) is 4.79 Å². The number of halogens is 2. The molecule has 0 aromatic heterocycles. The molecule has 2 nitrogen and oxygen atoms in total. The molecular formula is C13H15BrFNO. The fourth-order valence-electron chi connectivity index (χ4n) is 2.19. The van der Waals surface area contributed by atoms with E-state index in [-0.39, 0.29) is 11.7 Å². The van der Waals surface area contributed by atoms with Gasteiger partial charge in [0, 0.05) is 12.1 Å². The van der Waals surface area contributed by atoms with Crippen LogP contribution in [0.3, 0.4) is 0 Å². The van der Waals surface area contributed by atoms with Crippen molar-refractivity contribution in [2.75, 3.05) is 6.54 Å². The predicted octanol–water partition coefficient (Wildman–Crippen LogP) is 3.51. The van der Waals surface area contributed by atoms with Gasteiger partial charge in [-0.05, 0) is 52.9 Å². The number of carbonyl (C=O) groups is 1. The minimum absolute atomic E-state index is 0.127. The Bertz CT molecular complexity index is 416. The normalized spacial score (nSPS) is 16.1. The number of hydrogen-bond acceptors (Lipinski definition) is 1. The van der Waals surface area contributed by atoms with Crippen LogP contribution in [0.2, 0.25) is 0 Å². The van der Waals surface area contributed by atoms with Crippen molar-refractivity contribution in [1.29, 1.82) is 0 Å². The molecule has 0 atom stereocenters. The molecule has 1 aliphatic carbocycles. The number of carbonyl (C=O) groups excluding carboxylic acids is 1. The van der Waals surface area contributed by atoms with Gasteiger partial charge in [-0.2, -0.15) is 0 Å². The fraction of sp³-hybridized carbons (Fsp3) is 0.462. The maximum absolute atomic E-state index is 13.0. The van der Waals surface area contributed by atoms with Gasteiger partial charge in [-0.15, -0.1) is 0 Å². The average Bonchev–Trinajstić information content (AvgIpc) is 2.82. The second-order valence-electron chi connectivity index (χ2n) is 4.49. The molecule has 0 bridgehead atoms. The zero-order valence-electron chi connectivity index (χ0n) is 9.51. The van der Waals surface area contributed by atoms with E-state index in [0.717, 1.165) is 6.54 Å². The van der Waals surface area contributed by atoms with Gasteiger partial charge in [-0.25, -0.2) is 4.39 Å². The zero-order valence-corrected chi connectivity index (χ0v) is 11.1. The molecule has 1 N–H and O–H groups in total. The number of amides is 1. The van der Waals surface area contributed by atoms with Crippen LogP contribution in [-0.4, -0.2) is 12.5 Å². The lowest BCUT2D eigenvalue weighted by Crippen LogP contribution is -2.28. The lowest BCUT2D eigenvalue weighted by Gasteiger charge is -2.10. The molecule has 0 saturated heterocycles. The van der Waals surface area contributed by atoms with Crippen LogP contribution < -0.4 is 5.32 Å². The summed E-state index contributed by atoms with van der Waals surface area (Å²) in [5, 5.41) is 2.91. The summed E-state index contributed by atoms with van der Waals surface area (Å²) in [6.07, 6.45) is 4.94. The van der Waals surface area contributed by atoms with Gasteiger partial charge in [0.15, 0.2) is 0 Å². The summed E-state index contributed by atoms with van der Waals surface area (Å²) in [4.78, 5) is 11.8. The highest BCUT2D eigenvalue weighted by Gasteiger charge is 2.16. The summed E-state index contributed by atoms with van der Waals surface area (Å²) in [5.74, 6) is 0.137. The molecule has 0 aliphatic heterocycles. The summed E-state index contributed by atoms with van der Waals surface area (Å²) in [6.45, 7) is 0.730. The monoisotopic (exact) mass is 299 g/mol. The van der Waals surface area contributed by atoms with Gasteiger partial charge < -0.3 is 5.32 Å². The van der Waals surface area contributed by atoms with Crippen molar-refractivity contribution in [1.82, 2.24) is 5.32 Å². The molecule has 2 rings (SSSR count). The molecule has 4 heteroatoms. The van der Waals surface area contributed by atoms with Crippen LogP contribution in [0.25, 0.3) is 0 Å². The molecule has 1 aromatic carbocycles. The van der Waals surface area contributed by atoms with Crippen LogP contribution in [0.5, 0.6) is 0 Å². The van der Waals surface area contributed by atoms with E-state index in [1.807, 2.05) is 0 Å². The van der Waals surface area contributed by atoms with Crippen molar-refractivity contribution in [3.05, 3.63) is 34.1 Å². The molecule has 1 aliphatic rings. The van der Waals surface area contributed by atoms with Crippen molar-refractivity contribution in [3.8, 4) is 0 Å². The van der Waals surface area contributed by atoms with Crippen LogP contribution >= 0.6 is 15.9 Å². The first kappa shape index (κ1) is 12.6. The molecule has 0 spiro atoms. The lowest BCUT2D eigenvalue weighted by atomic mass is 10.1. The van der Waals surface area contributed by atoms with Gasteiger partial charge in [0.2, 0.25) is 0 Å². The Kier molecular flexibility index (Phi) is 4.15. The summed E-state index contributed by atoms with van der Waals surface area (Å²) >= 11 is 3.08. The Hall–Kier alpha value is -0.900. The van der Waals surface area contributed by atoms with Gasteiger partial charge in [0.25, 0.3) is 5.91 Å². The van der Waals surface area contributed by atoms with Crippen molar-refractivity contribution >= 4 is 21.8 Å². The van der Waals surface area contributed by atoms with E-state index in [1.165, 1.54) is 43.9 Å². The lowest BCUT2D eigenvalue weighted by molar-refractivity contribution is 0.0947. The van der Waals surface area contributed by atoms with Crippen LogP contribution in [0.15, 0.2) is 22.7 Å². The van der Waals surface area contributed by atoms with Crippen molar-refractivity contribution in [3.63, 3.8) is 0 Å². The maximum Gasteiger partial charge on any atom is 0.251 e. The Labute approximate surface area is 109 Å². The van der Waals surface area contributed by atoms with Crippen LogP contribution in [0.4, 0.5) is 4.39 Å². The second kappa shape index (κ2) is 5.63. The van der Waals surface area contributed by atoms with Crippen LogP contribution in [0, 0.1) is 11.7 Å². The molecular weight excluding hydrogens is 285 g/mol. The van der Waals surface area contributed by atoms with E-state index < -0.39 is 0 Å². The van der Waals surface area contributed by atoms with E-state index in [4.69, 9.17) is 0 Å². The highest BCUT2D eigenvalue weighted by Crippen LogP contribution is 2.24. The zero-order chi connectivity index (χ0) is 12.3. The first-order chi connectivity index (χ1) is 8.16. The SMILES string of the molecule is O=C(NCC1CCCC1)c1ccc(F)c(Br)c1. The van der Waals surface area contributed by atoms with Gasteiger partial charge in [0.1, 0.15) is 5.82 Å². The fourth-order valence-corrected chi connectivity index (χ4v) is 2.57. The number of hydrogen-bond donors (Lipinski definition) is 1. The molecule has 1 saturated carbocycles. The second-order valence-corrected chi connectivity index (χ2v) is 5.34. The van der Waals surface area contributed by atoms with Crippen LogP contribution in [-0.2, 0) is 0 Å². The molecule has 0 heterocycles. The van der Waals surface area contributed by atoms with E-state index in [2.05, 4.69) is 21.2 Å². The summed E-state index contributed by atoms with van der Waals surface area (Å²) < 4.78 is 13.3. The van der Waals surface area contributed by atoms with Gasteiger partial charge in [-0.1, -0.05) is 12.8 Å². The third-order valence-electron chi connectivity index (χ3n) is 3.21. The number of rotatable bonds is 3. The molecule has 1 amide bonds. The maximum atomic E-state index is 13.0. The first-order valence-electron chi connectivity index (χ1n) is 5.90. The van der Waals surface area contributed by atoms with E-state index in [1.54, 1.807) is 0 Å². The smallest absolute Gasteiger partial charge is 0.251 e. The Morgan fingerprint density at radius 2 is 2.12 bits per heavy atom. The first-order valence-corrected chi connectivity index (χ1v) is 6.69. The summed E-state index contributed by atoms with van der Waals surface area (Å²) in [6, 6.07) is 4.32. The van der Waals surface area contributed by atoms with Gasteiger partial charge in [0.05, 0.1) is 4.47 Å². The van der Waals surface area contributed by atoms with Gasteiger partial charge >= 0.3 is 0 Å². The molecule has 0 unspecified atom stereocenters. The average molecular weight is 300 g/mol. The quantitative estimate of drug-likeness (QED) is 0.909. The van der Waals surface area contributed by atoms with E-state index in [0.29, 0.717) is 16.0 Å². The highest BCUT2D eigenvalue weighted by atomic mass is 79.9. The third-order valence-corrected chi connectivity index (χ3v) is 3.82. The van der Waals surface area contributed by atoms with Crippen molar-refractivity contribution in [2.24, 2.45) is 5.92 Å². The van der Waals surface area contributed by atoms with Crippen molar-refractivity contribution in [2.45, 2.75) is 25.7 Å². The topological polar surface area (TPSA) is 29.1 Å². The number of benzene rings is 1. The van der Waals surface area contributed by atoms with Crippen LogP contribution in [0.1, 0.15) is 36.0 Å². The van der Waals surface area contributed by atoms with E-state index in [9.17, 15) is 9.18 Å². The summed E-state index contributed by atoms with van der Waals surface area (Å²) in [5.41, 5.74) is 0.497. The molecule has 1 aromatic rings. The predicted molar refractivity (Wildman–Crippen MR) is 68.4 cm³/mol. The largest absolute Gasteiger partial charge is 0.352 e. The molecule has 92 valence electrons. The standard InChI is InChI=1S/C13H15BrFNO/c14-11-7-10(5-6-12(11)15)13(17)16-8-9-3-1-2-4-9/h5-7,9H,1-4,8H2,(H,16,17). The minimum atomic E-state index is -0.350. The molecule has 0 radical (unpaired) electrons. The Morgan fingerprint density at radius 1 is 1.41 bits per heavy atom. The number of nitrogens with one attached hydrogen (secondary N) is 1. The highest BCUT2D eigenvalue weighted by molar-refractivity contribution is 9.10. The van der Waals surface area contributed by atoms with E-state index >= 15 is 0 Å².